The third-order valence-corrected chi connectivity index (χ3v) is 2.05. The first kappa shape index (κ1) is 9.14. The Morgan fingerprint density at radius 3 is 2.71 bits per heavy atom. The van der Waals surface area contributed by atoms with Crippen molar-refractivity contribution in [2.45, 2.75) is 6.92 Å². The number of hydrogen-bond acceptors (Lipinski definition) is 5. The van der Waals surface area contributed by atoms with Gasteiger partial charge in [0.1, 0.15) is 5.82 Å². The van der Waals surface area contributed by atoms with Gasteiger partial charge in [0.2, 0.25) is 5.95 Å². The van der Waals surface area contributed by atoms with Crippen LogP contribution in [-0.2, 0) is 4.74 Å². The molecule has 0 atom stereocenters. The van der Waals surface area contributed by atoms with Gasteiger partial charge in [0.15, 0.2) is 0 Å². The predicted octanol–water partition coefficient (Wildman–Crippen LogP) is -0.690. The molecule has 6 nitrogen and oxygen atoms in total. The average molecular weight is 196 g/mol. The summed E-state index contributed by atoms with van der Waals surface area (Å²) >= 11 is 0. The van der Waals surface area contributed by atoms with Gasteiger partial charge in [-0.1, -0.05) is 0 Å². The van der Waals surface area contributed by atoms with Crippen molar-refractivity contribution in [3.63, 3.8) is 0 Å². The van der Waals surface area contributed by atoms with Crippen molar-refractivity contribution in [1.82, 2.24) is 15.0 Å². The lowest BCUT2D eigenvalue weighted by atomic mass is 10.4. The number of nitrogens with one attached hydrogen (secondary N) is 1. The lowest BCUT2D eigenvalue weighted by Gasteiger charge is -2.26. The van der Waals surface area contributed by atoms with E-state index in [2.05, 4.69) is 15.0 Å². The molecule has 1 N–H and O–H groups in total. The van der Waals surface area contributed by atoms with Crippen molar-refractivity contribution < 1.29 is 4.74 Å². The number of nitrogens with zero attached hydrogens (tertiary/aromatic N) is 3. The number of rotatable bonds is 1. The van der Waals surface area contributed by atoms with Gasteiger partial charge in [-0.15, -0.1) is 0 Å². The normalized spacial score (nSPS) is 17.1. The summed E-state index contributed by atoms with van der Waals surface area (Å²) in [6.45, 7) is 4.54. The largest absolute Gasteiger partial charge is 0.378 e. The summed E-state index contributed by atoms with van der Waals surface area (Å²) in [6.07, 6.45) is 0. The van der Waals surface area contributed by atoms with Crippen molar-refractivity contribution in [2.75, 3.05) is 31.2 Å². The van der Waals surface area contributed by atoms with Gasteiger partial charge in [-0.3, -0.25) is 4.98 Å². The standard InChI is InChI=1S/C8H12N4O2/c1-6-9-7(11-8(13)10-6)12-2-4-14-5-3-12/h2-5H2,1H3,(H,9,10,11,13). The number of ether oxygens (including phenoxy) is 1. The summed E-state index contributed by atoms with van der Waals surface area (Å²) in [6, 6.07) is 0. The molecule has 1 aromatic rings. The second-order valence-corrected chi connectivity index (χ2v) is 3.14. The lowest BCUT2D eigenvalue weighted by Crippen LogP contribution is -2.38. The highest BCUT2D eigenvalue weighted by molar-refractivity contribution is 5.28. The molecule has 0 saturated carbocycles. The quantitative estimate of drug-likeness (QED) is 0.643. The monoisotopic (exact) mass is 196 g/mol. The van der Waals surface area contributed by atoms with Gasteiger partial charge in [0.25, 0.3) is 0 Å². The van der Waals surface area contributed by atoms with E-state index in [9.17, 15) is 4.79 Å². The molecule has 1 aliphatic rings. The van der Waals surface area contributed by atoms with Gasteiger partial charge in [-0.2, -0.15) is 9.97 Å². The zero-order chi connectivity index (χ0) is 9.97. The van der Waals surface area contributed by atoms with Gasteiger partial charge in [-0.25, -0.2) is 4.79 Å². The topological polar surface area (TPSA) is 71.1 Å². The van der Waals surface area contributed by atoms with E-state index in [-0.39, 0.29) is 5.69 Å². The van der Waals surface area contributed by atoms with Crippen LogP contribution in [0.15, 0.2) is 4.79 Å². The smallest absolute Gasteiger partial charge is 0.349 e. The molecule has 6 heteroatoms. The molecule has 0 bridgehead atoms. The van der Waals surface area contributed by atoms with Crippen LogP contribution in [0.1, 0.15) is 5.82 Å². The van der Waals surface area contributed by atoms with Crippen LogP contribution < -0.4 is 10.6 Å². The van der Waals surface area contributed by atoms with Gasteiger partial charge >= 0.3 is 5.69 Å². The van der Waals surface area contributed by atoms with E-state index >= 15 is 0 Å². The van der Waals surface area contributed by atoms with E-state index in [1.54, 1.807) is 6.92 Å². The lowest BCUT2D eigenvalue weighted by molar-refractivity contribution is 0.122. The molecule has 2 rings (SSSR count). The molecular formula is C8H12N4O2. The average Bonchev–Trinajstić information content (AvgIpc) is 2.18. The fraction of sp³-hybridized carbons (Fsp3) is 0.625. The fourth-order valence-electron chi connectivity index (χ4n) is 1.38. The summed E-state index contributed by atoms with van der Waals surface area (Å²) in [5.74, 6) is 1.08. The highest BCUT2D eigenvalue weighted by Crippen LogP contribution is 2.06. The molecular weight excluding hydrogens is 184 g/mol. The molecule has 0 aliphatic carbocycles. The fourth-order valence-corrected chi connectivity index (χ4v) is 1.38. The molecule has 0 radical (unpaired) electrons. The van der Waals surface area contributed by atoms with Gasteiger partial charge in [0, 0.05) is 13.1 Å². The molecule has 1 saturated heterocycles. The zero-order valence-corrected chi connectivity index (χ0v) is 7.99. The first-order valence-corrected chi connectivity index (χ1v) is 4.53. The molecule has 1 fully saturated rings. The van der Waals surface area contributed by atoms with Crippen LogP contribution in [0, 0.1) is 6.92 Å². The Bertz CT molecular complexity index is 370. The molecule has 14 heavy (non-hydrogen) atoms. The maximum Gasteiger partial charge on any atom is 0.349 e. The Hall–Kier alpha value is -1.43. The van der Waals surface area contributed by atoms with Crippen LogP contribution >= 0.6 is 0 Å². The highest BCUT2D eigenvalue weighted by Gasteiger charge is 2.14. The minimum atomic E-state index is -0.348. The first-order valence-electron chi connectivity index (χ1n) is 4.53. The molecule has 2 heterocycles. The molecule has 76 valence electrons. The third-order valence-electron chi connectivity index (χ3n) is 2.05. The van der Waals surface area contributed by atoms with Crippen molar-refractivity contribution >= 4 is 5.95 Å². The van der Waals surface area contributed by atoms with Crippen molar-refractivity contribution in [1.29, 1.82) is 0 Å². The molecule has 0 amide bonds. The van der Waals surface area contributed by atoms with Crippen molar-refractivity contribution in [3.05, 3.63) is 16.3 Å². The zero-order valence-electron chi connectivity index (χ0n) is 7.99. The summed E-state index contributed by atoms with van der Waals surface area (Å²) in [5.41, 5.74) is -0.348. The van der Waals surface area contributed by atoms with Gasteiger partial charge < -0.3 is 9.64 Å². The Labute approximate surface area is 80.9 Å². The van der Waals surface area contributed by atoms with Crippen molar-refractivity contribution in [2.24, 2.45) is 0 Å². The third kappa shape index (κ3) is 1.90. The Balaban J connectivity index is 2.26. The number of aryl methyl sites for hydroxylation is 1. The first-order chi connectivity index (χ1) is 6.75. The van der Waals surface area contributed by atoms with E-state index in [1.165, 1.54) is 0 Å². The van der Waals surface area contributed by atoms with E-state index in [0.717, 1.165) is 13.1 Å². The van der Waals surface area contributed by atoms with E-state index < -0.39 is 0 Å². The number of morpholine rings is 1. The van der Waals surface area contributed by atoms with Gasteiger partial charge in [0.05, 0.1) is 13.2 Å². The maximum atomic E-state index is 11.1. The molecule has 1 aromatic heterocycles. The highest BCUT2D eigenvalue weighted by atomic mass is 16.5. The van der Waals surface area contributed by atoms with E-state index in [0.29, 0.717) is 25.0 Å². The van der Waals surface area contributed by atoms with Crippen LogP contribution in [-0.4, -0.2) is 41.3 Å². The van der Waals surface area contributed by atoms with Crippen LogP contribution in [0.4, 0.5) is 5.95 Å². The number of H-pyrrole nitrogens is 1. The Kier molecular flexibility index (Phi) is 2.45. The minimum Gasteiger partial charge on any atom is -0.378 e. The summed E-state index contributed by atoms with van der Waals surface area (Å²) in [7, 11) is 0. The summed E-state index contributed by atoms with van der Waals surface area (Å²) in [5, 5.41) is 0. The SMILES string of the molecule is Cc1nc(N2CCOCC2)nc(=O)[nH]1. The predicted molar refractivity (Wildman–Crippen MR) is 50.4 cm³/mol. The number of anilines is 1. The summed E-state index contributed by atoms with van der Waals surface area (Å²) < 4.78 is 5.20. The van der Waals surface area contributed by atoms with Crippen LogP contribution in [0.3, 0.4) is 0 Å². The molecule has 0 unspecified atom stereocenters. The number of aromatic amines is 1. The molecule has 0 aromatic carbocycles. The van der Waals surface area contributed by atoms with Crippen molar-refractivity contribution in [3.8, 4) is 0 Å². The van der Waals surface area contributed by atoms with Crippen LogP contribution in [0.25, 0.3) is 0 Å². The van der Waals surface area contributed by atoms with E-state index in [1.807, 2.05) is 4.90 Å². The van der Waals surface area contributed by atoms with Crippen LogP contribution in [0.2, 0.25) is 0 Å². The second-order valence-electron chi connectivity index (χ2n) is 3.14. The number of aromatic nitrogens is 3. The second kappa shape index (κ2) is 3.75. The van der Waals surface area contributed by atoms with Crippen LogP contribution in [0.5, 0.6) is 0 Å². The Morgan fingerprint density at radius 1 is 1.36 bits per heavy atom. The summed E-state index contributed by atoms with van der Waals surface area (Å²) in [4.78, 5) is 23.5. The maximum absolute atomic E-state index is 11.1. The molecule has 0 spiro atoms. The Morgan fingerprint density at radius 2 is 2.07 bits per heavy atom. The van der Waals surface area contributed by atoms with Gasteiger partial charge in [-0.05, 0) is 6.92 Å². The van der Waals surface area contributed by atoms with E-state index in [4.69, 9.17) is 4.74 Å². The molecule has 1 aliphatic heterocycles. The number of hydrogen-bond donors (Lipinski definition) is 1. The minimum absolute atomic E-state index is 0.348.